The van der Waals surface area contributed by atoms with Gasteiger partial charge >= 0.3 is 5.97 Å². The van der Waals surface area contributed by atoms with Crippen molar-refractivity contribution in [1.29, 1.82) is 0 Å². The molecule has 0 saturated carbocycles. The Morgan fingerprint density at radius 2 is 1.41 bits per heavy atom. The lowest BCUT2D eigenvalue weighted by atomic mass is 10.00. The molecule has 146 valence electrons. The minimum absolute atomic E-state index is 0.0196. The van der Waals surface area contributed by atoms with Crippen LogP contribution >= 0.6 is 0 Å². The zero-order valence-electron chi connectivity index (χ0n) is 16.0. The number of Topliss-reactive ketones (excluding diaryl/α,β-unsaturated/α-hetero) is 1. The fourth-order valence-corrected chi connectivity index (χ4v) is 2.90. The predicted molar refractivity (Wildman–Crippen MR) is 110 cm³/mol. The van der Waals surface area contributed by atoms with Gasteiger partial charge in [0.15, 0.2) is 6.10 Å². The zero-order chi connectivity index (χ0) is 20.6. The Balaban J connectivity index is 1.74. The molecule has 0 radical (unpaired) electrons. The molecule has 1 atom stereocenters. The number of nitrogens with one attached hydrogen (secondary N) is 1. The fraction of sp³-hybridized carbons (Fsp3) is 0.125. The van der Waals surface area contributed by atoms with Crippen molar-refractivity contribution in [2.24, 2.45) is 0 Å². The van der Waals surface area contributed by atoms with Gasteiger partial charge in [-0.1, -0.05) is 72.8 Å². The number of ether oxygens (including phenoxy) is 1. The number of anilines is 1. The molecule has 0 saturated heterocycles. The minimum atomic E-state index is -1.01. The maximum absolute atomic E-state index is 13.0. The van der Waals surface area contributed by atoms with Gasteiger partial charge in [-0.3, -0.25) is 14.4 Å². The summed E-state index contributed by atoms with van der Waals surface area (Å²) >= 11 is 0. The highest BCUT2D eigenvalue weighted by molar-refractivity contribution is 6.01. The molecule has 5 heteroatoms. The molecule has 1 N–H and O–H groups in total. The van der Waals surface area contributed by atoms with Crippen LogP contribution in [0.25, 0.3) is 0 Å². The first-order valence-electron chi connectivity index (χ1n) is 9.23. The lowest BCUT2D eigenvalue weighted by Crippen LogP contribution is -2.21. The lowest BCUT2D eigenvalue weighted by molar-refractivity contribution is -0.146. The van der Waals surface area contributed by atoms with Crippen LogP contribution in [0.1, 0.15) is 34.5 Å². The number of carbonyl (C=O) groups is 3. The number of amides is 1. The van der Waals surface area contributed by atoms with E-state index < -0.39 is 12.1 Å². The van der Waals surface area contributed by atoms with Crippen LogP contribution in [0, 0.1) is 0 Å². The molecule has 1 amide bonds. The highest BCUT2D eigenvalue weighted by atomic mass is 16.5. The molecule has 3 aromatic rings. The number of esters is 1. The summed E-state index contributed by atoms with van der Waals surface area (Å²) in [4.78, 5) is 36.6. The Labute approximate surface area is 169 Å². The molecule has 29 heavy (non-hydrogen) atoms. The summed E-state index contributed by atoms with van der Waals surface area (Å²) in [6.45, 7) is 1.43. The van der Waals surface area contributed by atoms with Gasteiger partial charge in [-0.25, -0.2) is 0 Å². The third-order valence-electron chi connectivity index (χ3n) is 4.27. The monoisotopic (exact) mass is 387 g/mol. The van der Waals surface area contributed by atoms with Gasteiger partial charge in [-0.05, 0) is 17.7 Å². The molecular weight excluding hydrogens is 366 g/mol. The van der Waals surface area contributed by atoms with Crippen LogP contribution in [0.15, 0.2) is 84.9 Å². The topological polar surface area (TPSA) is 72.5 Å². The Morgan fingerprint density at radius 3 is 2.00 bits per heavy atom. The Bertz CT molecular complexity index is 982. The van der Waals surface area contributed by atoms with Gasteiger partial charge in [0, 0.05) is 23.7 Å². The Kier molecular flexibility index (Phi) is 6.53. The summed E-state index contributed by atoms with van der Waals surface area (Å²) in [5.41, 5.74) is 2.48. The van der Waals surface area contributed by atoms with E-state index in [0.29, 0.717) is 16.8 Å². The molecule has 0 unspecified atom stereocenters. The first kappa shape index (κ1) is 20.0. The standard InChI is InChI=1S/C24H21NO4/c1-17(26)25-21-14-12-18(13-15-21)16-22(27)29-24(20-10-6-3-7-11-20)23(28)19-8-4-2-5-9-19/h2-15,24H,16H2,1H3,(H,25,26)/t24-/m0/s1. The molecule has 0 aliphatic carbocycles. The average Bonchev–Trinajstić information content (AvgIpc) is 2.74. The van der Waals surface area contributed by atoms with Crippen LogP contribution in [0.5, 0.6) is 0 Å². The van der Waals surface area contributed by atoms with Gasteiger partial charge in [0.05, 0.1) is 6.42 Å². The quantitative estimate of drug-likeness (QED) is 0.483. The number of rotatable bonds is 7. The Morgan fingerprint density at radius 1 is 0.828 bits per heavy atom. The number of ketones is 1. The molecular formula is C24H21NO4. The van der Waals surface area contributed by atoms with Gasteiger partial charge < -0.3 is 10.1 Å². The summed E-state index contributed by atoms with van der Waals surface area (Å²) in [6.07, 6.45) is -0.990. The van der Waals surface area contributed by atoms with Gasteiger partial charge in [0.25, 0.3) is 0 Å². The van der Waals surface area contributed by atoms with E-state index in [9.17, 15) is 14.4 Å². The molecule has 0 heterocycles. The number of carbonyl (C=O) groups excluding carboxylic acids is 3. The molecule has 5 nitrogen and oxygen atoms in total. The SMILES string of the molecule is CC(=O)Nc1ccc(CC(=O)O[C@H](C(=O)c2ccccc2)c2ccccc2)cc1. The van der Waals surface area contributed by atoms with Crippen LogP contribution in [0.3, 0.4) is 0 Å². The van der Waals surface area contributed by atoms with E-state index >= 15 is 0 Å². The smallest absolute Gasteiger partial charge is 0.311 e. The lowest BCUT2D eigenvalue weighted by Gasteiger charge is -2.17. The molecule has 0 aliphatic rings. The van der Waals surface area contributed by atoms with Crippen molar-refractivity contribution in [3.05, 3.63) is 102 Å². The number of benzene rings is 3. The number of hydrogen-bond donors (Lipinski definition) is 1. The van der Waals surface area contributed by atoms with E-state index in [1.165, 1.54) is 6.92 Å². The van der Waals surface area contributed by atoms with Crippen LogP contribution in [-0.4, -0.2) is 17.7 Å². The summed E-state index contributed by atoms with van der Waals surface area (Å²) < 4.78 is 5.59. The normalized spacial score (nSPS) is 11.3. The van der Waals surface area contributed by atoms with Gasteiger partial charge in [0.1, 0.15) is 0 Å². The molecule has 0 aliphatic heterocycles. The summed E-state index contributed by atoms with van der Waals surface area (Å²) in [5.74, 6) is -0.941. The molecule has 0 aromatic heterocycles. The third kappa shape index (κ3) is 5.62. The van der Waals surface area contributed by atoms with Crippen LogP contribution < -0.4 is 5.32 Å². The van der Waals surface area contributed by atoms with Crippen molar-refractivity contribution in [3.8, 4) is 0 Å². The highest BCUT2D eigenvalue weighted by Gasteiger charge is 2.26. The minimum Gasteiger partial charge on any atom is -0.449 e. The second-order valence-corrected chi connectivity index (χ2v) is 6.57. The molecule has 0 spiro atoms. The van der Waals surface area contributed by atoms with Crippen LogP contribution in [-0.2, 0) is 20.7 Å². The Hall–Kier alpha value is -3.73. The van der Waals surface area contributed by atoms with Crippen molar-refractivity contribution in [1.82, 2.24) is 0 Å². The molecule has 3 rings (SSSR count). The van der Waals surface area contributed by atoms with Crippen LogP contribution in [0.2, 0.25) is 0 Å². The maximum atomic E-state index is 13.0. The first-order valence-corrected chi connectivity index (χ1v) is 9.23. The molecule has 0 bridgehead atoms. The second kappa shape index (κ2) is 9.46. The third-order valence-corrected chi connectivity index (χ3v) is 4.27. The van der Waals surface area contributed by atoms with E-state index in [2.05, 4.69) is 5.32 Å². The van der Waals surface area contributed by atoms with E-state index in [4.69, 9.17) is 4.74 Å². The van der Waals surface area contributed by atoms with E-state index in [0.717, 1.165) is 5.56 Å². The fourth-order valence-electron chi connectivity index (χ4n) is 2.90. The van der Waals surface area contributed by atoms with Gasteiger partial charge in [0.2, 0.25) is 11.7 Å². The summed E-state index contributed by atoms with van der Waals surface area (Å²) in [7, 11) is 0. The molecule has 0 fully saturated rings. The van der Waals surface area contributed by atoms with E-state index in [1.54, 1.807) is 72.8 Å². The summed E-state index contributed by atoms with van der Waals surface area (Å²) in [6, 6.07) is 24.7. The van der Waals surface area contributed by atoms with Crippen molar-refractivity contribution in [2.75, 3.05) is 5.32 Å². The largest absolute Gasteiger partial charge is 0.449 e. The van der Waals surface area contributed by atoms with Crippen molar-refractivity contribution < 1.29 is 19.1 Å². The predicted octanol–water partition coefficient (Wildman–Crippen LogP) is 4.35. The molecule has 3 aromatic carbocycles. The number of hydrogen-bond acceptors (Lipinski definition) is 4. The van der Waals surface area contributed by atoms with Crippen molar-refractivity contribution in [2.45, 2.75) is 19.4 Å². The van der Waals surface area contributed by atoms with E-state index in [-0.39, 0.29) is 18.1 Å². The maximum Gasteiger partial charge on any atom is 0.311 e. The summed E-state index contributed by atoms with van der Waals surface area (Å²) in [5, 5.41) is 2.67. The van der Waals surface area contributed by atoms with Crippen LogP contribution in [0.4, 0.5) is 5.69 Å². The zero-order valence-corrected chi connectivity index (χ0v) is 16.0. The van der Waals surface area contributed by atoms with E-state index in [1.807, 2.05) is 12.1 Å². The van der Waals surface area contributed by atoms with Gasteiger partial charge in [-0.2, -0.15) is 0 Å². The van der Waals surface area contributed by atoms with Crippen molar-refractivity contribution >= 4 is 23.3 Å². The average molecular weight is 387 g/mol. The highest BCUT2D eigenvalue weighted by Crippen LogP contribution is 2.23. The van der Waals surface area contributed by atoms with Crippen molar-refractivity contribution in [3.63, 3.8) is 0 Å². The van der Waals surface area contributed by atoms with Gasteiger partial charge in [-0.15, -0.1) is 0 Å². The first-order chi connectivity index (χ1) is 14.0. The second-order valence-electron chi connectivity index (χ2n) is 6.57.